The Kier molecular flexibility index (Phi) is 6.93. The second-order valence-electron chi connectivity index (χ2n) is 3.54. The normalized spacial score (nSPS) is 10.1. The van der Waals surface area contributed by atoms with Crippen LogP contribution < -0.4 is 0 Å². The lowest BCUT2D eigenvalue weighted by molar-refractivity contribution is 0.225. The standard InChI is InChI=1S/C11H22O/c1-5-11(6-2)9-12-8-7-10(3)4/h9-10H,5-8H2,1-4H3. The Labute approximate surface area is 76.8 Å². The SMILES string of the molecule is CCC(=COCCC(C)C)CC. The Morgan fingerprint density at radius 1 is 1.25 bits per heavy atom. The average molecular weight is 170 g/mol. The molecule has 0 rings (SSSR count). The molecular weight excluding hydrogens is 148 g/mol. The van der Waals surface area contributed by atoms with Crippen LogP contribution in [0.3, 0.4) is 0 Å². The molecule has 0 unspecified atom stereocenters. The van der Waals surface area contributed by atoms with E-state index in [4.69, 9.17) is 4.74 Å². The fourth-order valence-corrected chi connectivity index (χ4v) is 0.897. The van der Waals surface area contributed by atoms with E-state index in [0.717, 1.165) is 31.8 Å². The summed E-state index contributed by atoms with van der Waals surface area (Å²) in [5.74, 6) is 0.741. The minimum Gasteiger partial charge on any atom is -0.501 e. The van der Waals surface area contributed by atoms with Gasteiger partial charge < -0.3 is 4.74 Å². The molecule has 0 heterocycles. The Bertz CT molecular complexity index is 119. The van der Waals surface area contributed by atoms with E-state index in [9.17, 15) is 0 Å². The Morgan fingerprint density at radius 3 is 2.25 bits per heavy atom. The maximum Gasteiger partial charge on any atom is 0.0875 e. The highest BCUT2D eigenvalue weighted by atomic mass is 16.5. The molecule has 0 aromatic heterocycles. The molecule has 0 aromatic carbocycles. The van der Waals surface area contributed by atoms with Crippen molar-refractivity contribution in [2.75, 3.05) is 6.61 Å². The molecule has 0 spiro atoms. The van der Waals surface area contributed by atoms with Gasteiger partial charge in [0, 0.05) is 0 Å². The van der Waals surface area contributed by atoms with Crippen molar-refractivity contribution < 1.29 is 4.74 Å². The van der Waals surface area contributed by atoms with Crippen molar-refractivity contribution >= 4 is 0 Å². The number of hydrogen-bond acceptors (Lipinski definition) is 1. The van der Waals surface area contributed by atoms with Crippen LogP contribution in [0.25, 0.3) is 0 Å². The van der Waals surface area contributed by atoms with Crippen molar-refractivity contribution in [1.29, 1.82) is 0 Å². The smallest absolute Gasteiger partial charge is 0.0875 e. The summed E-state index contributed by atoms with van der Waals surface area (Å²) in [5, 5.41) is 0. The molecule has 0 aromatic rings. The molecule has 0 aliphatic rings. The van der Waals surface area contributed by atoms with Crippen molar-refractivity contribution in [3.05, 3.63) is 11.8 Å². The Hall–Kier alpha value is -0.460. The van der Waals surface area contributed by atoms with E-state index >= 15 is 0 Å². The van der Waals surface area contributed by atoms with Crippen LogP contribution in [-0.4, -0.2) is 6.61 Å². The first-order valence-electron chi connectivity index (χ1n) is 5.00. The third-order valence-corrected chi connectivity index (χ3v) is 1.97. The third-order valence-electron chi connectivity index (χ3n) is 1.97. The molecule has 12 heavy (non-hydrogen) atoms. The quantitative estimate of drug-likeness (QED) is 0.435. The van der Waals surface area contributed by atoms with Crippen LogP contribution in [0.4, 0.5) is 0 Å². The molecule has 0 amide bonds. The number of ether oxygens (including phenoxy) is 1. The molecule has 0 bridgehead atoms. The topological polar surface area (TPSA) is 9.23 Å². The first-order valence-corrected chi connectivity index (χ1v) is 5.00. The minimum atomic E-state index is 0.741. The summed E-state index contributed by atoms with van der Waals surface area (Å²) in [4.78, 5) is 0. The van der Waals surface area contributed by atoms with Crippen LogP contribution >= 0.6 is 0 Å². The van der Waals surface area contributed by atoms with E-state index in [0.29, 0.717) is 0 Å². The van der Waals surface area contributed by atoms with Gasteiger partial charge in [-0.15, -0.1) is 0 Å². The molecule has 1 nitrogen and oxygen atoms in total. The lowest BCUT2D eigenvalue weighted by Crippen LogP contribution is -1.95. The van der Waals surface area contributed by atoms with Crippen LogP contribution in [-0.2, 0) is 4.74 Å². The molecule has 0 radical (unpaired) electrons. The molecule has 0 fully saturated rings. The molecular formula is C11H22O. The number of rotatable bonds is 6. The van der Waals surface area contributed by atoms with Gasteiger partial charge in [0.05, 0.1) is 12.9 Å². The number of hydrogen-bond donors (Lipinski definition) is 0. The maximum absolute atomic E-state index is 5.43. The molecule has 0 saturated carbocycles. The van der Waals surface area contributed by atoms with E-state index in [1.54, 1.807) is 0 Å². The molecule has 1 heteroatoms. The van der Waals surface area contributed by atoms with Crippen molar-refractivity contribution in [1.82, 2.24) is 0 Å². The first-order chi connectivity index (χ1) is 5.70. The van der Waals surface area contributed by atoms with Crippen molar-refractivity contribution in [3.8, 4) is 0 Å². The van der Waals surface area contributed by atoms with Gasteiger partial charge in [-0.25, -0.2) is 0 Å². The van der Waals surface area contributed by atoms with E-state index in [1.807, 2.05) is 6.26 Å². The lowest BCUT2D eigenvalue weighted by atomic mass is 10.1. The van der Waals surface area contributed by atoms with Crippen LogP contribution in [0.1, 0.15) is 47.0 Å². The van der Waals surface area contributed by atoms with Gasteiger partial charge in [-0.1, -0.05) is 27.7 Å². The lowest BCUT2D eigenvalue weighted by Gasteiger charge is -2.05. The van der Waals surface area contributed by atoms with Gasteiger partial charge >= 0.3 is 0 Å². The molecule has 0 aliphatic carbocycles. The maximum atomic E-state index is 5.43. The largest absolute Gasteiger partial charge is 0.501 e. The molecule has 0 N–H and O–H groups in total. The summed E-state index contributed by atoms with van der Waals surface area (Å²) in [7, 11) is 0. The summed E-state index contributed by atoms with van der Waals surface area (Å²) >= 11 is 0. The van der Waals surface area contributed by atoms with Crippen LogP contribution in [0.2, 0.25) is 0 Å². The highest BCUT2D eigenvalue weighted by molar-refractivity contribution is 4.95. The van der Waals surface area contributed by atoms with Crippen molar-refractivity contribution in [3.63, 3.8) is 0 Å². The fourth-order valence-electron chi connectivity index (χ4n) is 0.897. The van der Waals surface area contributed by atoms with Gasteiger partial charge in [-0.3, -0.25) is 0 Å². The van der Waals surface area contributed by atoms with Crippen LogP contribution in [0.15, 0.2) is 11.8 Å². The summed E-state index contributed by atoms with van der Waals surface area (Å²) in [6.07, 6.45) is 5.30. The minimum absolute atomic E-state index is 0.741. The monoisotopic (exact) mass is 170 g/mol. The van der Waals surface area contributed by atoms with E-state index in [2.05, 4.69) is 27.7 Å². The van der Waals surface area contributed by atoms with E-state index in [1.165, 1.54) is 5.57 Å². The van der Waals surface area contributed by atoms with Crippen LogP contribution in [0.5, 0.6) is 0 Å². The highest BCUT2D eigenvalue weighted by Crippen LogP contribution is 2.06. The second kappa shape index (κ2) is 7.20. The average Bonchev–Trinajstić information content (AvgIpc) is 2.04. The molecule has 72 valence electrons. The summed E-state index contributed by atoms with van der Waals surface area (Å²) in [5.41, 5.74) is 1.40. The summed E-state index contributed by atoms with van der Waals surface area (Å²) in [6.45, 7) is 9.63. The Balaban J connectivity index is 3.44. The van der Waals surface area contributed by atoms with E-state index < -0.39 is 0 Å². The fraction of sp³-hybridized carbons (Fsp3) is 0.818. The summed E-state index contributed by atoms with van der Waals surface area (Å²) in [6, 6.07) is 0. The van der Waals surface area contributed by atoms with Crippen LogP contribution in [0, 0.1) is 5.92 Å². The van der Waals surface area contributed by atoms with Gasteiger partial charge in [0.2, 0.25) is 0 Å². The molecule has 0 aliphatic heterocycles. The molecule has 0 atom stereocenters. The predicted octanol–water partition coefficient (Wildman–Crippen LogP) is 3.75. The number of allylic oxidation sites excluding steroid dienone is 1. The van der Waals surface area contributed by atoms with Gasteiger partial charge in [0.15, 0.2) is 0 Å². The van der Waals surface area contributed by atoms with Gasteiger partial charge in [-0.05, 0) is 30.8 Å². The van der Waals surface area contributed by atoms with Crippen molar-refractivity contribution in [2.45, 2.75) is 47.0 Å². The van der Waals surface area contributed by atoms with Gasteiger partial charge in [0.1, 0.15) is 0 Å². The zero-order valence-electron chi connectivity index (χ0n) is 8.89. The predicted molar refractivity (Wildman–Crippen MR) is 54.1 cm³/mol. The van der Waals surface area contributed by atoms with Gasteiger partial charge in [-0.2, -0.15) is 0 Å². The molecule has 0 saturated heterocycles. The third kappa shape index (κ3) is 6.26. The van der Waals surface area contributed by atoms with Gasteiger partial charge in [0.25, 0.3) is 0 Å². The second-order valence-corrected chi connectivity index (χ2v) is 3.54. The Morgan fingerprint density at radius 2 is 1.83 bits per heavy atom. The highest BCUT2D eigenvalue weighted by Gasteiger charge is 1.93. The van der Waals surface area contributed by atoms with Crippen molar-refractivity contribution in [2.24, 2.45) is 5.92 Å². The summed E-state index contributed by atoms with van der Waals surface area (Å²) < 4.78 is 5.43. The zero-order chi connectivity index (χ0) is 9.40. The zero-order valence-corrected chi connectivity index (χ0v) is 8.89. The van der Waals surface area contributed by atoms with E-state index in [-0.39, 0.29) is 0 Å². The first kappa shape index (κ1) is 11.5.